The monoisotopic (exact) mass is 415 g/mol. The largest absolute Gasteiger partial charge is 0.368 e. The SMILES string of the molecule is Cc1cccc(N2CCN(C(=O)c3ccc(-c4nccnc4N(C)C)cc3)CC2)c1C. The number of rotatable bonds is 4. The van der Waals surface area contributed by atoms with Crippen LogP contribution < -0.4 is 9.80 Å². The fourth-order valence-corrected chi connectivity index (χ4v) is 4.04. The lowest BCUT2D eigenvalue weighted by atomic mass is 10.1. The van der Waals surface area contributed by atoms with E-state index in [1.54, 1.807) is 12.4 Å². The van der Waals surface area contributed by atoms with E-state index in [0.29, 0.717) is 5.56 Å². The zero-order chi connectivity index (χ0) is 22.0. The topological polar surface area (TPSA) is 52.6 Å². The molecule has 0 radical (unpaired) electrons. The average Bonchev–Trinajstić information content (AvgIpc) is 2.80. The molecule has 6 heteroatoms. The van der Waals surface area contributed by atoms with E-state index in [1.165, 1.54) is 16.8 Å². The van der Waals surface area contributed by atoms with Gasteiger partial charge in [-0.3, -0.25) is 9.78 Å². The summed E-state index contributed by atoms with van der Waals surface area (Å²) in [5, 5.41) is 0. The van der Waals surface area contributed by atoms with Gasteiger partial charge in [0.25, 0.3) is 5.91 Å². The minimum Gasteiger partial charge on any atom is -0.368 e. The number of aryl methyl sites for hydroxylation is 1. The fraction of sp³-hybridized carbons (Fsp3) is 0.320. The Balaban J connectivity index is 1.45. The molecule has 4 rings (SSSR count). The highest BCUT2D eigenvalue weighted by atomic mass is 16.2. The van der Waals surface area contributed by atoms with Gasteiger partial charge in [0.05, 0.1) is 0 Å². The molecule has 0 atom stereocenters. The van der Waals surface area contributed by atoms with Crippen molar-refractivity contribution in [2.24, 2.45) is 0 Å². The quantitative estimate of drug-likeness (QED) is 0.649. The number of amides is 1. The highest BCUT2D eigenvalue weighted by molar-refractivity contribution is 5.95. The van der Waals surface area contributed by atoms with Crippen LogP contribution in [0.15, 0.2) is 54.9 Å². The standard InChI is InChI=1S/C25H29N5O/c1-18-6-5-7-22(19(18)2)29-14-16-30(17-15-29)25(31)21-10-8-20(9-11-21)23-24(28(3)4)27-13-12-26-23/h5-13H,14-17H2,1-4H3. The molecule has 1 fully saturated rings. The summed E-state index contributed by atoms with van der Waals surface area (Å²) in [6, 6.07) is 14.1. The van der Waals surface area contributed by atoms with E-state index in [4.69, 9.17) is 0 Å². The molecule has 1 aliphatic rings. The van der Waals surface area contributed by atoms with Crippen LogP contribution in [0.2, 0.25) is 0 Å². The molecule has 2 aromatic carbocycles. The third kappa shape index (κ3) is 4.24. The molecule has 1 aromatic heterocycles. The van der Waals surface area contributed by atoms with Crippen LogP contribution in [-0.4, -0.2) is 61.0 Å². The van der Waals surface area contributed by atoms with Crippen molar-refractivity contribution < 1.29 is 4.79 Å². The molecule has 0 saturated carbocycles. The number of nitrogens with zero attached hydrogens (tertiary/aromatic N) is 5. The van der Waals surface area contributed by atoms with Crippen LogP contribution in [0.5, 0.6) is 0 Å². The maximum absolute atomic E-state index is 13.1. The second-order valence-electron chi connectivity index (χ2n) is 8.20. The normalized spacial score (nSPS) is 13.9. The zero-order valence-corrected chi connectivity index (χ0v) is 18.7. The lowest BCUT2D eigenvalue weighted by molar-refractivity contribution is 0.0747. The summed E-state index contributed by atoms with van der Waals surface area (Å²) in [7, 11) is 3.90. The van der Waals surface area contributed by atoms with E-state index in [1.807, 2.05) is 48.2 Å². The molecule has 0 bridgehead atoms. The summed E-state index contributed by atoms with van der Waals surface area (Å²) in [5.41, 5.74) is 6.37. The molecule has 0 spiro atoms. The number of aromatic nitrogens is 2. The van der Waals surface area contributed by atoms with Gasteiger partial charge in [0.1, 0.15) is 5.69 Å². The third-order valence-corrected chi connectivity index (χ3v) is 5.99. The van der Waals surface area contributed by atoms with E-state index in [0.717, 1.165) is 43.3 Å². The predicted molar refractivity (Wildman–Crippen MR) is 126 cm³/mol. The lowest BCUT2D eigenvalue weighted by Crippen LogP contribution is -2.49. The van der Waals surface area contributed by atoms with Crippen molar-refractivity contribution in [2.45, 2.75) is 13.8 Å². The molecular weight excluding hydrogens is 386 g/mol. The Kier molecular flexibility index (Phi) is 5.89. The van der Waals surface area contributed by atoms with Gasteiger partial charge in [-0.25, -0.2) is 4.98 Å². The van der Waals surface area contributed by atoms with Gasteiger partial charge in [-0.15, -0.1) is 0 Å². The number of carbonyl (C=O) groups excluding carboxylic acids is 1. The van der Waals surface area contributed by atoms with Crippen LogP contribution in [-0.2, 0) is 0 Å². The van der Waals surface area contributed by atoms with Gasteiger partial charge in [-0.05, 0) is 43.2 Å². The molecule has 31 heavy (non-hydrogen) atoms. The number of hydrogen-bond donors (Lipinski definition) is 0. The Hall–Kier alpha value is -3.41. The first-order valence-corrected chi connectivity index (χ1v) is 10.6. The fourth-order valence-electron chi connectivity index (χ4n) is 4.04. The molecule has 1 saturated heterocycles. The molecule has 160 valence electrons. The average molecular weight is 416 g/mol. The van der Waals surface area contributed by atoms with E-state index < -0.39 is 0 Å². The van der Waals surface area contributed by atoms with E-state index in [9.17, 15) is 4.79 Å². The molecule has 1 amide bonds. The van der Waals surface area contributed by atoms with Crippen LogP contribution in [0.3, 0.4) is 0 Å². The molecule has 0 unspecified atom stereocenters. The van der Waals surface area contributed by atoms with Gasteiger partial charge in [-0.1, -0.05) is 24.3 Å². The number of hydrogen-bond acceptors (Lipinski definition) is 5. The maximum Gasteiger partial charge on any atom is 0.253 e. The number of anilines is 2. The Morgan fingerprint density at radius 3 is 2.26 bits per heavy atom. The summed E-state index contributed by atoms with van der Waals surface area (Å²) in [5.74, 6) is 0.892. The molecular formula is C25H29N5O. The van der Waals surface area contributed by atoms with Crippen molar-refractivity contribution in [1.82, 2.24) is 14.9 Å². The molecule has 0 N–H and O–H groups in total. The summed E-state index contributed by atoms with van der Waals surface area (Å²) in [6.07, 6.45) is 3.38. The lowest BCUT2D eigenvalue weighted by Gasteiger charge is -2.37. The molecule has 2 heterocycles. The molecule has 3 aromatic rings. The van der Waals surface area contributed by atoms with Crippen molar-refractivity contribution in [3.05, 3.63) is 71.5 Å². The first kappa shape index (κ1) is 20.8. The van der Waals surface area contributed by atoms with Crippen LogP contribution in [0.25, 0.3) is 11.3 Å². The summed E-state index contributed by atoms with van der Waals surface area (Å²) in [6.45, 7) is 7.46. The van der Waals surface area contributed by atoms with Gasteiger partial charge >= 0.3 is 0 Å². The van der Waals surface area contributed by atoms with Crippen molar-refractivity contribution in [2.75, 3.05) is 50.1 Å². The molecule has 6 nitrogen and oxygen atoms in total. The Bertz CT molecular complexity index is 1070. The summed E-state index contributed by atoms with van der Waals surface area (Å²) >= 11 is 0. The minimum atomic E-state index is 0.0825. The summed E-state index contributed by atoms with van der Waals surface area (Å²) in [4.78, 5) is 28.2. The minimum absolute atomic E-state index is 0.0825. The highest BCUT2D eigenvalue weighted by Crippen LogP contribution is 2.27. The smallest absolute Gasteiger partial charge is 0.253 e. The van der Waals surface area contributed by atoms with Crippen LogP contribution >= 0.6 is 0 Å². The third-order valence-electron chi connectivity index (χ3n) is 5.99. The van der Waals surface area contributed by atoms with Gasteiger partial charge in [0.15, 0.2) is 5.82 Å². The second kappa shape index (κ2) is 8.76. The molecule has 0 aliphatic carbocycles. The predicted octanol–water partition coefficient (Wildman–Crippen LogP) is 3.79. The second-order valence-corrected chi connectivity index (χ2v) is 8.20. The highest BCUT2D eigenvalue weighted by Gasteiger charge is 2.23. The Morgan fingerprint density at radius 2 is 1.58 bits per heavy atom. The van der Waals surface area contributed by atoms with Crippen LogP contribution in [0.4, 0.5) is 11.5 Å². The van der Waals surface area contributed by atoms with Gasteiger partial charge in [0.2, 0.25) is 0 Å². The summed E-state index contributed by atoms with van der Waals surface area (Å²) < 4.78 is 0. The number of piperazine rings is 1. The van der Waals surface area contributed by atoms with Crippen LogP contribution in [0, 0.1) is 13.8 Å². The van der Waals surface area contributed by atoms with Crippen LogP contribution in [0.1, 0.15) is 21.5 Å². The Labute approximate surface area is 184 Å². The zero-order valence-electron chi connectivity index (χ0n) is 18.7. The van der Waals surface area contributed by atoms with Gasteiger partial charge in [0, 0.05) is 69.5 Å². The number of benzene rings is 2. The van der Waals surface area contributed by atoms with Crippen molar-refractivity contribution >= 4 is 17.4 Å². The van der Waals surface area contributed by atoms with E-state index in [2.05, 4.69) is 46.9 Å². The van der Waals surface area contributed by atoms with Crippen molar-refractivity contribution in [1.29, 1.82) is 0 Å². The first-order chi connectivity index (χ1) is 15.0. The van der Waals surface area contributed by atoms with Crippen molar-refractivity contribution in [3.63, 3.8) is 0 Å². The van der Waals surface area contributed by atoms with Crippen molar-refractivity contribution in [3.8, 4) is 11.3 Å². The maximum atomic E-state index is 13.1. The van der Waals surface area contributed by atoms with Gasteiger partial charge in [-0.2, -0.15) is 0 Å². The molecule has 1 aliphatic heterocycles. The van der Waals surface area contributed by atoms with Gasteiger partial charge < -0.3 is 14.7 Å². The van der Waals surface area contributed by atoms with E-state index in [-0.39, 0.29) is 5.91 Å². The van der Waals surface area contributed by atoms with E-state index >= 15 is 0 Å². The number of carbonyl (C=O) groups is 1. The Morgan fingerprint density at radius 1 is 0.903 bits per heavy atom. The first-order valence-electron chi connectivity index (χ1n) is 10.6.